The molecule has 0 bridgehead atoms. The van der Waals surface area contributed by atoms with Crippen LogP contribution < -0.4 is 11.1 Å². The zero-order chi connectivity index (χ0) is 12.4. The molecule has 0 saturated carbocycles. The molecular weight excluding hydrogens is 283 g/mol. The van der Waals surface area contributed by atoms with Gasteiger partial charge in [0.05, 0.1) is 11.4 Å². The van der Waals surface area contributed by atoms with E-state index in [0.717, 1.165) is 21.4 Å². The molecule has 0 fully saturated rings. The molecule has 0 atom stereocenters. The molecule has 0 spiro atoms. The number of anilines is 3. The standard InChI is InChI=1S/C13H12BrFN2/c1-8-6-13(12(16)7-11(8)14)17-10-4-2-9(15)3-5-10/h2-7,17H,16H2,1H3. The number of benzene rings is 2. The highest BCUT2D eigenvalue weighted by molar-refractivity contribution is 9.10. The summed E-state index contributed by atoms with van der Waals surface area (Å²) >= 11 is 3.42. The number of nitrogens with two attached hydrogens (primary N) is 1. The van der Waals surface area contributed by atoms with Crippen LogP contribution in [0.15, 0.2) is 40.9 Å². The summed E-state index contributed by atoms with van der Waals surface area (Å²) in [6, 6.07) is 9.96. The van der Waals surface area contributed by atoms with Crippen LogP contribution in [0.4, 0.5) is 21.5 Å². The van der Waals surface area contributed by atoms with Crippen LogP contribution in [0.5, 0.6) is 0 Å². The van der Waals surface area contributed by atoms with E-state index >= 15 is 0 Å². The molecule has 0 aromatic heterocycles. The maximum absolute atomic E-state index is 12.8. The van der Waals surface area contributed by atoms with Crippen molar-refractivity contribution in [3.05, 3.63) is 52.3 Å². The Balaban J connectivity index is 2.30. The van der Waals surface area contributed by atoms with Gasteiger partial charge in [0.1, 0.15) is 5.82 Å². The van der Waals surface area contributed by atoms with Crippen LogP contribution in [0, 0.1) is 12.7 Å². The third-order valence-corrected chi connectivity index (χ3v) is 3.31. The van der Waals surface area contributed by atoms with Crippen molar-refractivity contribution in [2.45, 2.75) is 6.92 Å². The van der Waals surface area contributed by atoms with Gasteiger partial charge in [-0.3, -0.25) is 0 Å². The maximum atomic E-state index is 12.8. The monoisotopic (exact) mass is 294 g/mol. The minimum Gasteiger partial charge on any atom is -0.397 e. The van der Waals surface area contributed by atoms with Gasteiger partial charge in [-0.15, -0.1) is 0 Å². The Morgan fingerprint density at radius 1 is 1.18 bits per heavy atom. The Morgan fingerprint density at radius 2 is 1.82 bits per heavy atom. The third kappa shape index (κ3) is 2.77. The van der Waals surface area contributed by atoms with E-state index < -0.39 is 0 Å². The lowest BCUT2D eigenvalue weighted by Crippen LogP contribution is -1.97. The summed E-state index contributed by atoms with van der Waals surface area (Å²) in [5, 5.41) is 3.15. The second-order valence-corrected chi connectivity index (χ2v) is 4.67. The first kappa shape index (κ1) is 11.9. The Bertz CT molecular complexity index is 538. The van der Waals surface area contributed by atoms with E-state index in [1.54, 1.807) is 12.1 Å². The van der Waals surface area contributed by atoms with Gasteiger partial charge in [0.15, 0.2) is 0 Å². The highest BCUT2D eigenvalue weighted by atomic mass is 79.9. The van der Waals surface area contributed by atoms with Crippen molar-refractivity contribution in [1.29, 1.82) is 0 Å². The molecule has 0 aliphatic carbocycles. The van der Waals surface area contributed by atoms with Crippen molar-refractivity contribution in [3.8, 4) is 0 Å². The predicted molar refractivity (Wildman–Crippen MR) is 73.0 cm³/mol. The number of nitrogen functional groups attached to an aromatic ring is 1. The smallest absolute Gasteiger partial charge is 0.123 e. The summed E-state index contributed by atoms with van der Waals surface area (Å²) in [6.07, 6.45) is 0. The quantitative estimate of drug-likeness (QED) is 0.814. The molecule has 3 N–H and O–H groups in total. The Morgan fingerprint density at radius 3 is 2.47 bits per heavy atom. The minimum atomic E-state index is -0.254. The number of aryl methyl sites for hydroxylation is 1. The summed E-state index contributed by atoms with van der Waals surface area (Å²) in [4.78, 5) is 0. The first-order valence-corrected chi connectivity index (χ1v) is 5.94. The SMILES string of the molecule is Cc1cc(Nc2ccc(F)cc2)c(N)cc1Br. The lowest BCUT2D eigenvalue weighted by molar-refractivity contribution is 0.628. The lowest BCUT2D eigenvalue weighted by atomic mass is 10.2. The van der Waals surface area contributed by atoms with Crippen molar-refractivity contribution in [1.82, 2.24) is 0 Å². The molecule has 0 amide bonds. The molecule has 17 heavy (non-hydrogen) atoms. The molecule has 0 heterocycles. The second kappa shape index (κ2) is 4.75. The molecule has 2 nitrogen and oxygen atoms in total. The lowest BCUT2D eigenvalue weighted by Gasteiger charge is -2.11. The zero-order valence-corrected chi connectivity index (χ0v) is 10.9. The van der Waals surface area contributed by atoms with Gasteiger partial charge < -0.3 is 11.1 Å². The van der Waals surface area contributed by atoms with Gasteiger partial charge in [-0.05, 0) is 48.9 Å². The van der Waals surface area contributed by atoms with Crippen molar-refractivity contribution < 1.29 is 4.39 Å². The molecule has 0 unspecified atom stereocenters. The summed E-state index contributed by atoms with van der Waals surface area (Å²) in [7, 11) is 0. The Kier molecular flexibility index (Phi) is 3.33. The van der Waals surface area contributed by atoms with Crippen LogP contribution in [0.25, 0.3) is 0 Å². The molecule has 4 heteroatoms. The Labute approximate surface area is 108 Å². The van der Waals surface area contributed by atoms with Crippen LogP contribution in [-0.2, 0) is 0 Å². The van der Waals surface area contributed by atoms with E-state index in [9.17, 15) is 4.39 Å². The van der Waals surface area contributed by atoms with E-state index in [-0.39, 0.29) is 5.82 Å². The number of nitrogens with one attached hydrogen (secondary N) is 1. The minimum absolute atomic E-state index is 0.254. The topological polar surface area (TPSA) is 38.0 Å². The van der Waals surface area contributed by atoms with Gasteiger partial charge >= 0.3 is 0 Å². The number of hydrogen-bond acceptors (Lipinski definition) is 2. The predicted octanol–water partition coefficient (Wildman–Crippen LogP) is 4.22. The van der Waals surface area contributed by atoms with Gasteiger partial charge in [-0.1, -0.05) is 15.9 Å². The van der Waals surface area contributed by atoms with Gasteiger partial charge in [0.25, 0.3) is 0 Å². The molecular formula is C13H12BrFN2. The third-order valence-electron chi connectivity index (χ3n) is 2.45. The molecule has 2 aromatic carbocycles. The first-order valence-electron chi connectivity index (χ1n) is 5.14. The number of halogens is 2. The van der Waals surface area contributed by atoms with E-state index in [2.05, 4.69) is 21.2 Å². The molecule has 88 valence electrons. The van der Waals surface area contributed by atoms with Gasteiger partial charge in [0.2, 0.25) is 0 Å². The molecule has 0 saturated heterocycles. The molecule has 2 rings (SSSR count). The normalized spacial score (nSPS) is 10.3. The van der Waals surface area contributed by atoms with E-state index in [1.807, 2.05) is 19.1 Å². The van der Waals surface area contributed by atoms with E-state index in [4.69, 9.17) is 5.73 Å². The second-order valence-electron chi connectivity index (χ2n) is 3.82. The highest BCUT2D eigenvalue weighted by Gasteiger charge is 2.03. The van der Waals surface area contributed by atoms with Crippen molar-refractivity contribution in [3.63, 3.8) is 0 Å². The van der Waals surface area contributed by atoms with Crippen LogP contribution >= 0.6 is 15.9 Å². The van der Waals surface area contributed by atoms with Crippen molar-refractivity contribution in [2.75, 3.05) is 11.1 Å². The highest BCUT2D eigenvalue weighted by Crippen LogP contribution is 2.29. The average molecular weight is 295 g/mol. The fourth-order valence-corrected chi connectivity index (χ4v) is 1.85. The zero-order valence-electron chi connectivity index (χ0n) is 9.30. The fraction of sp³-hybridized carbons (Fsp3) is 0.0769. The molecule has 2 aromatic rings. The Hall–Kier alpha value is -1.55. The van der Waals surface area contributed by atoms with Crippen LogP contribution in [0.1, 0.15) is 5.56 Å². The molecule has 0 aliphatic heterocycles. The van der Waals surface area contributed by atoms with Crippen LogP contribution in [-0.4, -0.2) is 0 Å². The summed E-state index contributed by atoms with van der Waals surface area (Å²) in [6.45, 7) is 1.99. The summed E-state index contributed by atoms with van der Waals surface area (Å²) in [5.41, 5.74) is 9.26. The van der Waals surface area contributed by atoms with Gasteiger partial charge in [-0.25, -0.2) is 4.39 Å². The molecule has 0 radical (unpaired) electrons. The largest absolute Gasteiger partial charge is 0.397 e. The van der Waals surface area contributed by atoms with Gasteiger partial charge in [-0.2, -0.15) is 0 Å². The van der Waals surface area contributed by atoms with Crippen molar-refractivity contribution >= 4 is 33.0 Å². The number of rotatable bonds is 2. The van der Waals surface area contributed by atoms with Crippen LogP contribution in [0.3, 0.4) is 0 Å². The first-order chi connectivity index (χ1) is 8.06. The molecule has 0 aliphatic rings. The average Bonchev–Trinajstić information content (AvgIpc) is 2.29. The number of hydrogen-bond donors (Lipinski definition) is 2. The fourth-order valence-electron chi connectivity index (χ4n) is 1.49. The van der Waals surface area contributed by atoms with E-state index in [1.165, 1.54) is 12.1 Å². The van der Waals surface area contributed by atoms with Gasteiger partial charge in [0, 0.05) is 10.2 Å². The van der Waals surface area contributed by atoms with Crippen molar-refractivity contribution in [2.24, 2.45) is 0 Å². The summed E-state index contributed by atoms with van der Waals surface area (Å²) in [5.74, 6) is -0.254. The van der Waals surface area contributed by atoms with E-state index in [0.29, 0.717) is 5.69 Å². The van der Waals surface area contributed by atoms with Crippen LogP contribution in [0.2, 0.25) is 0 Å². The maximum Gasteiger partial charge on any atom is 0.123 e. The summed E-state index contributed by atoms with van der Waals surface area (Å²) < 4.78 is 13.7.